The molecule has 108 valence electrons. The molecule has 21 heavy (non-hydrogen) atoms. The van der Waals surface area contributed by atoms with E-state index < -0.39 is 0 Å². The third kappa shape index (κ3) is 2.64. The second-order valence-electron chi connectivity index (χ2n) is 5.63. The van der Waals surface area contributed by atoms with Crippen LogP contribution in [0.25, 0.3) is 0 Å². The van der Waals surface area contributed by atoms with E-state index in [1.54, 1.807) is 0 Å². The number of fused-ring (bicyclic) bond motifs is 1. The first kappa shape index (κ1) is 13.7. The summed E-state index contributed by atoms with van der Waals surface area (Å²) in [6, 6.07) is 16.0. The molecule has 1 heterocycles. The maximum Gasteiger partial charge on any atom is 0.258 e. The van der Waals surface area contributed by atoms with Crippen LogP contribution in [-0.4, -0.2) is 26.5 Å². The van der Waals surface area contributed by atoms with E-state index in [1.165, 1.54) is 5.56 Å². The molecule has 0 aromatic heterocycles. The first-order valence-electron chi connectivity index (χ1n) is 7.34. The Morgan fingerprint density at radius 2 is 1.90 bits per heavy atom. The van der Waals surface area contributed by atoms with E-state index in [-0.39, 0.29) is 5.91 Å². The molecule has 0 radical (unpaired) electrons. The number of rotatable bonds is 2. The van der Waals surface area contributed by atoms with Crippen molar-refractivity contribution < 1.29 is 4.79 Å². The Balaban J connectivity index is 1.95. The highest BCUT2D eigenvalue weighted by atomic mass is 16.2. The fraction of sp³-hybridized carbons (Fsp3) is 0.278. The van der Waals surface area contributed by atoms with Gasteiger partial charge >= 0.3 is 0 Å². The van der Waals surface area contributed by atoms with Crippen LogP contribution >= 0.6 is 0 Å². The molecule has 3 rings (SSSR count). The van der Waals surface area contributed by atoms with Gasteiger partial charge in [-0.05, 0) is 42.7 Å². The lowest BCUT2D eigenvalue weighted by atomic mass is 10.0. The van der Waals surface area contributed by atoms with Crippen molar-refractivity contribution in [2.75, 3.05) is 30.4 Å². The van der Waals surface area contributed by atoms with Crippen molar-refractivity contribution in [2.24, 2.45) is 0 Å². The minimum Gasteiger partial charge on any atom is -0.378 e. The average molecular weight is 280 g/mol. The molecule has 2 aromatic rings. The van der Waals surface area contributed by atoms with Gasteiger partial charge < -0.3 is 9.80 Å². The molecule has 0 spiro atoms. The molecule has 0 unspecified atom stereocenters. The van der Waals surface area contributed by atoms with Gasteiger partial charge in [0.2, 0.25) is 0 Å². The Bertz CT molecular complexity index is 664. The van der Waals surface area contributed by atoms with Crippen LogP contribution in [0.2, 0.25) is 0 Å². The smallest absolute Gasteiger partial charge is 0.258 e. The Labute approximate surface area is 125 Å². The summed E-state index contributed by atoms with van der Waals surface area (Å²) in [5.74, 6) is 0.0888. The fourth-order valence-electron chi connectivity index (χ4n) is 2.82. The van der Waals surface area contributed by atoms with E-state index in [4.69, 9.17) is 0 Å². The van der Waals surface area contributed by atoms with Crippen molar-refractivity contribution >= 4 is 17.3 Å². The molecular weight excluding hydrogens is 260 g/mol. The van der Waals surface area contributed by atoms with E-state index in [9.17, 15) is 4.79 Å². The van der Waals surface area contributed by atoms with Crippen molar-refractivity contribution in [3.8, 4) is 0 Å². The van der Waals surface area contributed by atoms with Gasteiger partial charge in [-0.15, -0.1) is 0 Å². The molecule has 0 fully saturated rings. The van der Waals surface area contributed by atoms with Crippen LogP contribution in [0.1, 0.15) is 22.3 Å². The summed E-state index contributed by atoms with van der Waals surface area (Å²) in [6.45, 7) is 0.794. The quantitative estimate of drug-likeness (QED) is 0.842. The summed E-state index contributed by atoms with van der Waals surface area (Å²) in [5.41, 5.74) is 4.12. The lowest BCUT2D eigenvalue weighted by Gasteiger charge is -2.29. The van der Waals surface area contributed by atoms with Crippen molar-refractivity contribution in [2.45, 2.75) is 12.8 Å². The molecule has 1 aliphatic rings. The second-order valence-corrected chi connectivity index (χ2v) is 5.63. The molecule has 3 heteroatoms. The normalized spacial score (nSPS) is 13.7. The van der Waals surface area contributed by atoms with Gasteiger partial charge in [0.1, 0.15) is 0 Å². The van der Waals surface area contributed by atoms with Gasteiger partial charge in [-0.2, -0.15) is 0 Å². The molecular formula is C18H20N2O. The lowest BCUT2D eigenvalue weighted by Crippen LogP contribution is -2.35. The van der Waals surface area contributed by atoms with E-state index in [1.807, 2.05) is 66.4 Å². The third-order valence-electron chi connectivity index (χ3n) is 3.96. The van der Waals surface area contributed by atoms with Crippen molar-refractivity contribution in [1.29, 1.82) is 0 Å². The van der Waals surface area contributed by atoms with Crippen LogP contribution < -0.4 is 9.80 Å². The average Bonchev–Trinajstić information content (AvgIpc) is 2.53. The highest BCUT2D eigenvalue weighted by Crippen LogP contribution is 2.28. The van der Waals surface area contributed by atoms with Crippen LogP contribution in [0.5, 0.6) is 0 Å². The van der Waals surface area contributed by atoms with Gasteiger partial charge in [0.05, 0.1) is 0 Å². The second kappa shape index (κ2) is 5.60. The topological polar surface area (TPSA) is 23.6 Å². The number of aryl methyl sites for hydroxylation is 1. The number of carbonyl (C=O) groups excluding carboxylic acids is 1. The Kier molecular flexibility index (Phi) is 3.65. The molecule has 0 saturated heterocycles. The van der Waals surface area contributed by atoms with Gasteiger partial charge in [0, 0.05) is 37.6 Å². The van der Waals surface area contributed by atoms with Crippen molar-refractivity contribution in [3.05, 3.63) is 59.7 Å². The zero-order valence-electron chi connectivity index (χ0n) is 12.5. The predicted octanol–water partition coefficient (Wildman–Crippen LogP) is 3.35. The number of para-hydroxylation sites is 1. The third-order valence-corrected chi connectivity index (χ3v) is 3.96. The Morgan fingerprint density at radius 3 is 2.71 bits per heavy atom. The zero-order valence-corrected chi connectivity index (χ0v) is 12.5. The number of benzene rings is 2. The summed E-state index contributed by atoms with van der Waals surface area (Å²) in [4.78, 5) is 16.8. The van der Waals surface area contributed by atoms with Gasteiger partial charge in [0.25, 0.3) is 5.91 Å². The summed E-state index contributed by atoms with van der Waals surface area (Å²) in [6.07, 6.45) is 2.08. The molecule has 1 aliphatic heterocycles. The first-order valence-corrected chi connectivity index (χ1v) is 7.34. The Morgan fingerprint density at radius 1 is 1.10 bits per heavy atom. The summed E-state index contributed by atoms with van der Waals surface area (Å²) in [5, 5.41) is 0. The maximum atomic E-state index is 12.8. The van der Waals surface area contributed by atoms with Gasteiger partial charge in [-0.1, -0.05) is 24.3 Å². The molecule has 0 aliphatic carbocycles. The summed E-state index contributed by atoms with van der Waals surface area (Å²) >= 11 is 0. The van der Waals surface area contributed by atoms with E-state index >= 15 is 0 Å². The number of carbonyl (C=O) groups is 1. The van der Waals surface area contributed by atoms with Crippen LogP contribution in [0.3, 0.4) is 0 Å². The molecule has 3 nitrogen and oxygen atoms in total. The number of anilines is 2. The van der Waals surface area contributed by atoms with Crippen LogP contribution in [0.15, 0.2) is 48.5 Å². The summed E-state index contributed by atoms with van der Waals surface area (Å²) in [7, 11) is 3.97. The molecule has 2 aromatic carbocycles. The van der Waals surface area contributed by atoms with E-state index in [0.717, 1.165) is 36.3 Å². The summed E-state index contributed by atoms with van der Waals surface area (Å²) < 4.78 is 0. The van der Waals surface area contributed by atoms with Crippen LogP contribution in [-0.2, 0) is 6.42 Å². The molecule has 0 bridgehead atoms. The van der Waals surface area contributed by atoms with Gasteiger partial charge in [-0.3, -0.25) is 4.79 Å². The van der Waals surface area contributed by atoms with E-state index in [0.29, 0.717) is 0 Å². The monoisotopic (exact) mass is 280 g/mol. The first-order chi connectivity index (χ1) is 10.2. The molecule has 0 N–H and O–H groups in total. The lowest BCUT2D eigenvalue weighted by molar-refractivity contribution is 0.0985. The SMILES string of the molecule is CN(C)c1cccc(C(=O)N2CCCc3ccccc32)c1. The van der Waals surface area contributed by atoms with Crippen LogP contribution in [0, 0.1) is 0 Å². The highest BCUT2D eigenvalue weighted by molar-refractivity contribution is 6.07. The minimum atomic E-state index is 0.0888. The fourth-order valence-corrected chi connectivity index (χ4v) is 2.82. The molecule has 0 saturated carbocycles. The number of nitrogens with zero attached hydrogens (tertiary/aromatic N) is 2. The van der Waals surface area contributed by atoms with Gasteiger partial charge in [-0.25, -0.2) is 0 Å². The zero-order chi connectivity index (χ0) is 14.8. The van der Waals surface area contributed by atoms with Crippen molar-refractivity contribution in [1.82, 2.24) is 0 Å². The minimum absolute atomic E-state index is 0.0888. The maximum absolute atomic E-state index is 12.8. The molecule has 0 atom stereocenters. The predicted molar refractivity (Wildman–Crippen MR) is 87.2 cm³/mol. The number of hydrogen-bond acceptors (Lipinski definition) is 2. The number of amides is 1. The number of hydrogen-bond donors (Lipinski definition) is 0. The standard InChI is InChI=1S/C18H20N2O/c1-19(2)16-10-5-8-15(13-16)18(21)20-12-6-9-14-7-3-4-11-17(14)20/h3-5,7-8,10-11,13H,6,9,12H2,1-2H3. The van der Waals surface area contributed by atoms with Crippen molar-refractivity contribution in [3.63, 3.8) is 0 Å². The van der Waals surface area contributed by atoms with Gasteiger partial charge in [0.15, 0.2) is 0 Å². The van der Waals surface area contributed by atoms with E-state index in [2.05, 4.69) is 6.07 Å². The molecule has 1 amide bonds. The Hall–Kier alpha value is -2.29. The highest BCUT2D eigenvalue weighted by Gasteiger charge is 2.23. The largest absolute Gasteiger partial charge is 0.378 e. The van der Waals surface area contributed by atoms with Crippen LogP contribution in [0.4, 0.5) is 11.4 Å².